The van der Waals surface area contributed by atoms with Gasteiger partial charge >= 0.3 is 0 Å². The molecule has 0 heteroatoms. The first kappa shape index (κ1) is 7.11. The van der Waals surface area contributed by atoms with E-state index in [1.165, 1.54) is 19.3 Å². The normalized spacial score (nSPS) is 36.0. The summed E-state index contributed by atoms with van der Waals surface area (Å²) < 4.78 is 0. The van der Waals surface area contributed by atoms with Gasteiger partial charge in [-0.15, -0.1) is 0 Å². The fourth-order valence-corrected chi connectivity index (χ4v) is 1.86. The molecule has 0 nitrogen and oxygen atoms in total. The lowest BCUT2D eigenvalue weighted by molar-refractivity contribution is 0.384. The molecule has 0 aromatic carbocycles. The Labute approximate surface area is 58.7 Å². The van der Waals surface area contributed by atoms with Gasteiger partial charge in [0.05, 0.1) is 0 Å². The van der Waals surface area contributed by atoms with Crippen LogP contribution < -0.4 is 0 Å². The molecule has 9 heavy (non-hydrogen) atoms. The number of rotatable bonds is 1. The molecule has 0 saturated heterocycles. The molecular weight excluding hydrogens is 108 g/mol. The molecule has 0 bridgehead atoms. The van der Waals surface area contributed by atoms with Crippen molar-refractivity contribution in [1.82, 2.24) is 0 Å². The molecule has 0 aliphatic heterocycles. The Bertz CT molecular complexity index is 84.0. The highest BCUT2D eigenvalue weighted by atomic mass is 14.3. The van der Waals surface area contributed by atoms with Crippen LogP contribution in [-0.2, 0) is 0 Å². The summed E-state index contributed by atoms with van der Waals surface area (Å²) in [5, 5.41) is 0. The zero-order valence-electron chi connectivity index (χ0n) is 6.85. The SMILES string of the molecule is CC(C)[C@@H]1CC[C@@H](C)C1. The summed E-state index contributed by atoms with van der Waals surface area (Å²) in [6, 6.07) is 0. The van der Waals surface area contributed by atoms with Gasteiger partial charge in [0.25, 0.3) is 0 Å². The van der Waals surface area contributed by atoms with E-state index in [1.807, 2.05) is 0 Å². The van der Waals surface area contributed by atoms with E-state index < -0.39 is 0 Å². The minimum absolute atomic E-state index is 0.926. The molecule has 1 aliphatic rings. The van der Waals surface area contributed by atoms with Crippen molar-refractivity contribution in [2.75, 3.05) is 0 Å². The summed E-state index contributed by atoms with van der Waals surface area (Å²) in [5.74, 6) is 2.98. The third-order valence-electron chi connectivity index (χ3n) is 2.68. The molecule has 1 fully saturated rings. The summed E-state index contributed by atoms with van der Waals surface area (Å²) in [7, 11) is 0. The van der Waals surface area contributed by atoms with Crippen molar-refractivity contribution in [3.63, 3.8) is 0 Å². The molecule has 1 rings (SSSR count). The lowest BCUT2D eigenvalue weighted by atomic mass is 9.94. The summed E-state index contributed by atoms with van der Waals surface area (Å²) in [4.78, 5) is 0. The van der Waals surface area contributed by atoms with Gasteiger partial charge in [-0.05, 0) is 30.6 Å². The second kappa shape index (κ2) is 2.72. The maximum absolute atomic E-state index is 2.38. The summed E-state index contributed by atoms with van der Waals surface area (Å²) in [6.45, 7) is 7.08. The van der Waals surface area contributed by atoms with Crippen molar-refractivity contribution in [2.24, 2.45) is 17.8 Å². The Morgan fingerprint density at radius 2 is 1.89 bits per heavy atom. The van der Waals surface area contributed by atoms with Crippen LogP contribution >= 0.6 is 0 Å². The van der Waals surface area contributed by atoms with Crippen LogP contribution in [0.2, 0.25) is 0 Å². The van der Waals surface area contributed by atoms with E-state index in [0.717, 1.165) is 17.8 Å². The van der Waals surface area contributed by atoms with Crippen molar-refractivity contribution >= 4 is 0 Å². The molecule has 0 amide bonds. The van der Waals surface area contributed by atoms with Crippen LogP contribution in [0, 0.1) is 17.8 Å². The standard InChI is InChI=1S/C9H18/c1-7(2)9-5-4-8(3)6-9/h7-9H,4-6H2,1-3H3/t8-,9-/m1/s1. The smallest absolute Gasteiger partial charge is 0.0388 e. The van der Waals surface area contributed by atoms with Crippen molar-refractivity contribution in [3.8, 4) is 0 Å². The molecule has 2 atom stereocenters. The predicted octanol–water partition coefficient (Wildman–Crippen LogP) is 3.08. The minimum atomic E-state index is 0.926. The van der Waals surface area contributed by atoms with Crippen LogP contribution in [0.4, 0.5) is 0 Å². The molecule has 0 heterocycles. The van der Waals surface area contributed by atoms with Gasteiger partial charge in [0.1, 0.15) is 0 Å². The maximum Gasteiger partial charge on any atom is -0.0388 e. The average molecular weight is 126 g/mol. The van der Waals surface area contributed by atoms with E-state index in [9.17, 15) is 0 Å². The zero-order chi connectivity index (χ0) is 6.85. The Kier molecular flexibility index (Phi) is 2.15. The van der Waals surface area contributed by atoms with Crippen LogP contribution in [0.15, 0.2) is 0 Å². The largest absolute Gasteiger partial charge is 0.0625 e. The highest BCUT2D eigenvalue weighted by Gasteiger charge is 2.23. The molecule has 0 unspecified atom stereocenters. The number of hydrogen-bond donors (Lipinski definition) is 0. The lowest BCUT2D eigenvalue weighted by Gasteiger charge is -2.12. The van der Waals surface area contributed by atoms with E-state index >= 15 is 0 Å². The van der Waals surface area contributed by atoms with Crippen molar-refractivity contribution in [2.45, 2.75) is 40.0 Å². The van der Waals surface area contributed by atoms with Gasteiger partial charge in [-0.1, -0.05) is 27.2 Å². The summed E-state index contributed by atoms with van der Waals surface area (Å²) >= 11 is 0. The van der Waals surface area contributed by atoms with E-state index in [0.29, 0.717) is 0 Å². The predicted molar refractivity (Wildman–Crippen MR) is 41.3 cm³/mol. The quantitative estimate of drug-likeness (QED) is 0.506. The van der Waals surface area contributed by atoms with Gasteiger partial charge in [-0.2, -0.15) is 0 Å². The molecule has 54 valence electrons. The lowest BCUT2D eigenvalue weighted by Crippen LogP contribution is -2.02. The molecule has 0 radical (unpaired) electrons. The van der Waals surface area contributed by atoms with Gasteiger partial charge in [-0.25, -0.2) is 0 Å². The number of hydrogen-bond acceptors (Lipinski definition) is 0. The van der Waals surface area contributed by atoms with E-state index in [4.69, 9.17) is 0 Å². The minimum Gasteiger partial charge on any atom is -0.0625 e. The fraction of sp³-hybridized carbons (Fsp3) is 1.00. The summed E-state index contributed by atoms with van der Waals surface area (Å²) in [5.41, 5.74) is 0. The van der Waals surface area contributed by atoms with Crippen LogP contribution in [-0.4, -0.2) is 0 Å². The van der Waals surface area contributed by atoms with Crippen molar-refractivity contribution < 1.29 is 0 Å². The van der Waals surface area contributed by atoms with Crippen LogP contribution in [0.3, 0.4) is 0 Å². The van der Waals surface area contributed by atoms with Crippen LogP contribution in [0.25, 0.3) is 0 Å². The Hall–Kier alpha value is 0. The second-order valence-electron chi connectivity index (χ2n) is 3.92. The van der Waals surface area contributed by atoms with Gasteiger partial charge in [0.15, 0.2) is 0 Å². The van der Waals surface area contributed by atoms with E-state index in [2.05, 4.69) is 20.8 Å². The Balaban J connectivity index is 2.30. The molecule has 0 aromatic rings. The average Bonchev–Trinajstić information content (AvgIpc) is 2.14. The first-order valence-electron chi connectivity index (χ1n) is 4.20. The van der Waals surface area contributed by atoms with Gasteiger partial charge in [0, 0.05) is 0 Å². The van der Waals surface area contributed by atoms with E-state index in [1.54, 1.807) is 0 Å². The van der Waals surface area contributed by atoms with Crippen molar-refractivity contribution in [1.29, 1.82) is 0 Å². The van der Waals surface area contributed by atoms with Gasteiger partial charge < -0.3 is 0 Å². The second-order valence-corrected chi connectivity index (χ2v) is 3.92. The van der Waals surface area contributed by atoms with Gasteiger partial charge in [-0.3, -0.25) is 0 Å². The molecule has 0 aromatic heterocycles. The third kappa shape index (κ3) is 1.70. The topological polar surface area (TPSA) is 0 Å². The molecule has 1 saturated carbocycles. The zero-order valence-corrected chi connectivity index (χ0v) is 6.85. The van der Waals surface area contributed by atoms with E-state index in [-0.39, 0.29) is 0 Å². The first-order valence-corrected chi connectivity index (χ1v) is 4.20. The molecule has 1 aliphatic carbocycles. The Morgan fingerprint density at radius 1 is 1.22 bits per heavy atom. The highest BCUT2D eigenvalue weighted by molar-refractivity contribution is 4.74. The molecular formula is C9H18. The monoisotopic (exact) mass is 126 g/mol. The highest BCUT2D eigenvalue weighted by Crippen LogP contribution is 2.34. The molecule has 0 spiro atoms. The van der Waals surface area contributed by atoms with Gasteiger partial charge in [0.2, 0.25) is 0 Å². The fourth-order valence-electron chi connectivity index (χ4n) is 1.86. The maximum atomic E-state index is 2.38. The summed E-state index contributed by atoms with van der Waals surface area (Å²) in [6.07, 6.45) is 4.44. The van der Waals surface area contributed by atoms with Crippen molar-refractivity contribution in [3.05, 3.63) is 0 Å². The van der Waals surface area contributed by atoms with Crippen LogP contribution in [0.5, 0.6) is 0 Å². The Morgan fingerprint density at radius 3 is 2.11 bits per heavy atom. The third-order valence-corrected chi connectivity index (χ3v) is 2.68. The first-order chi connectivity index (χ1) is 4.20. The molecule has 0 N–H and O–H groups in total. The van der Waals surface area contributed by atoms with Crippen LogP contribution in [0.1, 0.15) is 40.0 Å².